The normalized spacial score (nSPS) is 19.5. The minimum Gasteiger partial charge on any atom is -0.364 e. The molecule has 0 bridgehead atoms. The van der Waals surface area contributed by atoms with Crippen LogP contribution in [0.1, 0.15) is 57.4 Å². The van der Waals surface area contributed by atoms with E-state index in [2.05, 4.69) is 11.5 Å². The number of nitrogens with zero attached hydrogens (tertiary/aromatic N) is 3. The number of fused-ring (bicyclic) bond motifs is 1. The number of primary amides is 1. The van der Waals surface area contributed by atoms with Gasteiger partial charge in [0, 0.05) is 18.4 Å². The zero-order valence-electron chi connectivity index (χ0n) is 19.1. The molecule has 3 atom stereocenters. The predicted octanol–water partition coefficient (Wildman–Crippen LogP) is 2.73. The second-order valence-electron chi connectivity index (χ2n) is 9.77. The Kier molecular flexibility index (Phi) is 6.31. The maximum atomic E-state index is 13.0. The van der Waals surface area contributed by atoms with Crippen molar-refractivity contribution in [3.05, 3.63) is 36.0 Å². The Morgan fingerprint density at radius 1 is 1.41 bits per heavy atom. The largest absolute Gasteiger partial charge is 0.364 e. The second-order valence-corrected chi connectivity index (χ2v) is 9.77. The molecule has 2 aromatic rings. The van der Waals surface area contributed by atoms with E-state index in [0.29, 0.717) is 18.5 Å². The van der Waals surface area contributed by atoms with Gasteiger partial charge >= 0.3 is 0 Å². The number of piperidine rings is 1. The van der Waals surface area contributed by atoms with Crippen molar-refractivity contribution in [3.8, 4) is 6.19 Å². The Hall–Kier alpha value is -3.34. The smallest absolute Gasteiger partial charge is 0.265 e. The SMILES string of the molecule is C[C@@H]([C@@H]1CCCNC1=O)N(C#N)[C@](C=O)(CC(C)(C)C)n1c(C(N)=O)cc2ccccc21. The third-order valence-electron chi connectivity index (χ3n) is 6.17. The number of nitriles is 1. The van der Waals surface area contributed by atoms with Crippen molar-refractivity contribution in [1.82, 2.24) is 14.8 Å². The maximum absolute atomic E-state index is 13.0. The highest BCUT2D eigenvalue weighted by Gasteiger charge is 2.48. The summed E-state index contributed by atoms with van der Waals surface area (Å²) in [5.41, 5.74) is 4.56. The number of hydrogen-bond donors (Lipinski definition) is 2. The van der Waals surface area contributed by atoms with Gasteiger partial charge in [0.25, 0.3) is 5.91 Å². The number of rotatable bonds is 7. The van der Waals surface area contributed by atoms with Gasteiger partial charge in [0.1, 0.15) is 5.69 Å². The molecule has 3 N–H and O–H groups in total. The first-order valence-corrected chi connectivity index (χ1v) is 10.9. The summed E-state index contributed by atoms with van der Waals surface area (Å²) in [4.78, 5) is 39.5. The van der Waals surface area contributed by atoms with Crippen LogP contribution in [0.25, 0.3) is 10.9 Å². The van der Waals surface area contributed by atoms with Crippen molar-refractivity contribution in [3.63, 3.8) is 0 Å². The van der Waals surface area contributed by atoms with Gasteiger partial charge in [0.2, 0.25) is 5.91 Å². The monoisotopic (exact) mass is 437 g/mol. The number of aldehydes is 1. The molecule has 0 unspecified atom stereocenters. The van der Waals surface area contributed by atoms with Gasteiger partial charge in [-0.2, -0.15) is 5.26 Å². The Labute approximate surface area is 188 Å². The van der Waals surface area contributed by atoms with Gasteiger partial charge in [-0.25, -0.2) is 0 Å². The predicted molar refractivity (Wildman–Crippen MR) is 121 cm³/mol. The maximum Gasteiger partial charge on any atom is 0.265 e. The molecule has 1 aliphatic rings. The molecule has 3 rings (SSSR count). The highest BCUT2D eigenvalue weighted by molar-refractivity contribution is 5.98. The van der Waals surface area contributed by atoms with Gasteiger partial charge < -0.3 is 15.6 Å². The number of aromatic nitrogens is 1. The molecule has 1 aromatic heterocycles. The Morgan fingerprint density at radius 2 is 2.09 bits per heavy atom. The number of carbonyl (C=O) groups excluding carboxylic acids is 3. The molecule has 1 aliphatic heterocycles. The average Bonchev–Trinajstić information content (AvgIpc) is 3.13. The third kappa shape index (κ3) is 4.07. The van der Waals surface area contributed by atoms with E-state index in [0.717, 1.165) is 18.1 Å². The van der Waals surface area contributed by atoms with Crippen LogP contribution >= 0.6 is 0 Å². The summed E-state index contributed by atoms with van der Waals surface area (Å²) in [6, 6.07) is 8.35. The lowest BCUT2D eigenvalue weighted by Crippen LogP contribution is -2.59. The van der Waals surface area contributed by atoms with Crippen molar-refractivity contribution < 1.29 is 14.4 Å². The van der Waals surface area contributed by atoms with E-state index in [4.69, 9.17) is 5.73 Å². The molecular weight excluding hydrogens is 406 g/mol. The van der Waals surface area contributed by atoms with E-state index in [1.165, 1.54) is 4.90 Å². The summed E-state index contributed by atoms with van der Waals surface area (Å²) in [6.45, 7) is 8.29. The Bertz CT molecular complexity index is 1080. The Morgan fingerprint density at radius 3 is 2.66 bits per heavy atom. The summed E-state index contributed by atoms with van der Waals surface area (Å²) in [6.07, 6.45) is 4.57. The van der Waals surface area contributed by atoms with Crippen LogP contribution in [0.5, 0.6) is 0 Å². The molecule has 0 spiro atoms. The number of benzene rings is 1. The van der Waals surface area contributed by atoms with Crippen LogP contribution in [0.15, 0.2) is 30.3 Å². The van der Waals surface area contributed by atoms with Crippen molar-refractivity contribution in [2.24, 2.45) is 17.1 Å². The van der Waals surface area contributed by atoms with E-state index in [1.807, 2.05) is 39.0 Å². The first kappa shape index (κ1) is 23.3. The number of nitrogens with one attached hydrogen (secondary N) is 1. The van der Waals surface area contributed by atoms with E-state index >= 15 is 0 Å². The number of nitrogens with two attached hydrogens (primary N) is 1. The average molecular weight is 438 g/mol. The number of hydrogen-bond acceptors (Lipinski definition) is 5. The van der Waals surface area contributed by atoms with Gasteiger partial charge in [0.15, 0.2) is 18.1 Å². The number of para-hydroxylation sites is 1. The lowest BCUT2D eigenvalue weighted by molar-refractivity contribution is -0.135. The molecule has 1 fully saturated rings. The molecular formula is C24H31N5O3. The molecule has 2 heterocycles. The minimum atomic E-state index is -1.54. The first-order chi connectivity index (χ1) is 15.1. The summed E-state index contributed by atoms with van der Waals surface area (Å²) in [7, 11) is 0. The van der Waals surface area contributed by atoms with Crippen molar-refractivity contribution in [2.75, 3.05) is 6.54 Å². The molecule has 1 aromatic carbocycles. The van der Waals surface area contributed by atoms with Crippen LogP contribution < -0.4 is 11.1 Å². The molecule has 0 radical (unpaired) electrons. The van der Waals surface area contributed by atoms with Crippen LogP contribution in [0, 0.1) is 22.8 Å². The fourth-order valence-corrected chi connectivity index (χ4v) is 4.92. The van der Waals surface area contributed by atoms with Crippen molar-refractivity contribution in [2.45, 2.75) is 58.7 Å². The number of carbonyl (C=O) groups is 3. The van der Waals surface area contributed by atoms with E-state index in [1.54, 1.807) is 23.6 Å². The molecule has 0 saturated carbocycles. The van der Waals surface area contributed by atoms with E-state index < -0.39 is 28.9 Å². The summed E-state index contributed by atoms with van der Waals surface area (Å²) >= 11 is 0. The molecule has 1 saturated heterocycles. The molecule has 170 valence electrons. The quantitative estimate of drug-likeness (QED) is 0.392. The molecule has 0 aliphatic carbocycles. The zero-order chi connectivity index (χ0) is 23.7. The van der Waals surface area contributed by atoms with Crippen LogP contribution in [0.4, 0.5) is 0 Å². The molecule has 8 nitrogen and oxygen atoms in total. The van der Waals surface area contributed by atoms with Gasteiger partial charge in [-0.1, -0.05) is 39.0 Å². The lowest BCUT2D eigenvalue weighted by atomic mass is 9.81. The molecule has 2 amide bonds. The standard InChI is InChI=1S/C24H31N5O3/c1-16(18-9-7-11-27-22(18)32)28(15-25)24(14-30,13-23(2,3)4)29-19-10-6-5-8-17(19)12-20(29)21(26)31/h5-6,8,10,12,14,16,18H,7,9,11,13H2,1-4H3,(H2,26,31)(H,27,32)/t16-,18-,24+/m0/s1. The minimum absolute atomic E-state index is 0.132. The third-order valence-corrected chi connectivity index (χ3v) is 6.17. The van der Waals surface area contributed by atoms with Gasteiger partial charge in [-0.3, -0.25) is 19.3 Å². The van der Waals surface area contributed by atoms with Gasteiger partial charge in [0.05, 0.1) is 17.5 Å². The van der Waals surface area contributed by atoms with E-state index in [9.17, 15) is 19.6 Å². The Balaban J connectivity index is 2.31. The van der Waals surface area contributed by atoms with Crippen molar-refractivity contribution in [1.29, 1.82) is 5.26 Å². The second kappa shape index (κ2) is 8.65. The zero-order valence-corrected chi connectivity index (χ0v) is 19.1. The summed E-state index contributed by atoms with van der Waals surface area (Å²) in [5.74, 6) is -1.28. The first-order valence-electron chi connectivity index (χ1n) is 10.9. The highest BCUT2D eigenvalue weighted by Crippen LogP contribution is 2.40. The summed E-state index contributed by atoms with van der Waals surface area (Å²) < 4.78 is 1.59. The van der Waals surface area contributed by atoms with Crippen LogP contribution in [-0.4, -0.2) is 40.2 Å². The van der Waals surface area contributed by atoms with Crippen LogP contribution in [0.2, 0.25) is 0 Å². The fourth-order valence-electron chi connectivity index (χ4n) is 4.92. The van der Waals surface area contributed by atoms with Gasteiger partial charge in [-0.05, 0) is 37.3 Å². The fraction of sp³-hybridized carbons (Fsp3) is 0.500. The molecule has 32 heavy (non-hydrogen) atoms. The number of amides is 2. The van der Waals surface area contributed by atoms with Crippen LogP contribution in [-0.2, 0) is 15.3 Å². The highest BCUT2D eigenvalue weighted by atomic mass is 16.2. The van der Waals surface area contributed by atoms with E-state index in [-0.39, 0.29) is 18.0 Å². The van der Waals surface area contributed by atoms with Crippen molar-refractivity contribution >= 4 is 29.0 Å². The summed E-state index contributed by atoms with van der Waals surface area (Å²) in [5, 5.41) is 13.9. The van der Waals surface area contributed by atoms with Gasteiger partial charge in [-0.15, -0.1) is 0 Å². The van der Waals surface area contributed by atoms with Crippen LogP contribution in [0.3, 0.4) is 0 Å². The lowest BCUT2D eigenvalue weighted by Gasteiger charge is -2.46. The topological polar surface area (TPSA) is 121 Å². The molecule has 8 heteroatoms.